The van der Waals surface area contributed by atoms with Crippen LogP contribution >= 0.6 is 11.3 Å². The topological polar surface area (TPSA) is 65.4 Å². The number of hydrogen-bond acceptors (Lipinski definition) is 5. The molecule has 0 unspecified atom stereocenters. The van der Waals surface area contributed by atoms with Gasteiger partial charge in [0.05, 0.1) is 12.3 Å². The van der Waals surface area contributed by atoms with Crippen molar-refractivity contribution < 1.29 is 4.74 Å². The maximum atomic E-state index is 5.59. The Balaban J connectivity index is 1.97. The molecule has 3 aromatic rings. The third kappa shape index (κ3) is 2.77. The fraction of sp³-hybridized carbons (Fsp3) is 0.333. The number of benzene rings is 1. The first-order chi connectivity index (χ1) is 10.3. The van der Waals surface area contributed by atoms with E-state index >= 15 is 0 Å². The van der Waals surface area contributed by atoms with Gasteiger partial charge in [-0.05, 0) is 49.7 Å². The molecule has 6 heteroatoms. The maximum absolute atomic E-state index is 5.59. The van der Waals surface area contributed by atoms with E-state index < -0.39 is 0 Å². The molecule has 2 N–H and O–H groups in total. The SMILES string of the molecule is CCOc1ccc(-c2csc3nnc(CCCN)n23)cc1. The number of rotatable bonds is 6. The zero-order valence-electron chi connectivity index (χ0n) is 12.0. The minimum atomic E-state index is 0.664. The molecule has 0 spiro atoms. The average Bonchev–Trinajstić information content (AvgIpc) is 3.08. The summed E-state index contributed by atoms with van der Waals surface area (Å²) in [7, 11) is 0. The van der Waals surface area contributed by atoms with Gasteiger partial charge in [-0.15, -0.1) is 21.5 Å². The first-order valence-corrected chi connectivity index (χ1v) is 7.96. The Bertz CT molecular complexity index is 717. The number of nitrogens with two attached hydrogens (primary N) is 1. The van der Waals surface area contributed by atoms with E-state index in [4.69, 9.17) is 10.5 Å². The van der Waals surface area contributed by atoms with E-state index in [-0.39, 0.29) is 0 Å². The van der Waals surface area contributed by atoms with E-state index in [1.165, 1.54) is 0 Å². The van der Waals surface area contributed by atoms with Gasteiger partial charge in [-0.25, -0.2) is 0 Å². The molecule has 0 fully saturated rings. The Kier molecular flexibility index (Phi) is 4.17. The Labute approximate surface area is 127 Å². The summed E-state index contributed by atoms with van der Waals surface area (Å²) >= 11 is 1.60. The smallest absolute Gasteiger partial charge is 0.216 e. The van der Waals surface area contributed by atoms with Crippen LogP contribution in [0.25, 0.3) is 16.2 Å². The van der Waals surface area contributed by atoms with Crippen molar-refractivity contribution in [1.82, 2.24) is 14.6 Å². The number of hydrogen-bond donors (Lipinski definition) is 1. The Morgan fingerprint density at radius 3 is 2.76 bits per heavy atom. The average molecular weight is 302 g/mol. The van der Waals surface area contributed by atoms with Gasteiger partial charge in [-0.3, -0.25) is 4.40 Å². The molecule has 110 valence electrons. The van der Waals surface area contributed by atoms with Crippen LogP contribution < -0.4 is 10.5 Å². The summed E-state index contributed by atoms with van der Waals surface area (Å²) < 4.78 is 7.61. The van der Waals surface area contributed by atoms with E-state index in [1.807, 2.05) is 19.1 Å². The number of aryl methyl sites for hydroxylation is 1. The Morgan fingerprint density at radius 2 is 2.05 bits per heavy atom. The van der Waals surface area contributed by atoms with Gasteiger partial charge in [0.1, 0.15) is 11.6 Å². The molecule has 0 radical (unpaired) electrons. The third-order valence-corrected chi connectivity index (χ3v) is 4.10. The van der Waals surface area contributed by atoms with Crippen LogP contribution in [0.2, 0.25) is 0 Å². The predicted molar refractivity (Wildman–Crippen MR) is 84.8 cm³/mol. The van der Waals surface area contributed by atoms with E-state index in [9.17, 15) is 0 Å². The quantitative estimate of drug-likeness (QED) is 0.760. The standard InChI is InChI=1S/C15H18N4OS/c1-2-20-12-7-5-11(6-8-12)13-10-21-15-18-17-14(19(13)15)4-3-9-16/h5-8,10H,2-4,9,16H2,1H3. The lowest BCUT2D eigenvalue weighted by atomic mass is 10.1. The lowest BCUT2D eigenvalue weighted by molar-refractivity contribution is 0.340. The number of thiazole rings is 1. The van der Waals surface area contributed by atoms with Crippen LogP contribution in [0.1, 0.15) is 19.2 Å². The van der Waals surface area contributed by atoms with Crippen LogP contribution in [0.3, 0.4) is 0 Å². The van der Waals surface area contributed by atoms with Gasteiger partial charge in [0.25, 0.3) is 0 Å². The van der Waals surface area contributed by atoms with Gasteiger partial charge in [-0.2, -0.15) is 0 Å². The summed E-state index contributed by atoms with van der Waals surface area (Å²) in [5, 5.41) is 10.6. The van der Waals surface area contributed by atoms with Crippen molar-refractivity contribution in [3.8, 4) is 17.0 Å². The first kappa shape index (κ1) is 14.0. The van der Waals surface area contributed by atoms with Crippen molar-refractivity contribution in [2.45, 2.75) is 19.8 Å². The summed E-state index contributed by atoms with van der Waals surface area (Å²) in [6, 6.07) is 8.12. The molecule has 1 aromatic carbocycles. The molecule has 0 aliphatic carbocycles. The number of aromatic nitrogens is 3. The lowest BCUT2D eigenvalue weighted by Gasteiger charge is -2.05. The molecular formula is C15H18N4OS. The largest absolute Gasteiger partial charge is 0.494 e. The van der Waals surface area contributed by atoms with Crippen molar-refractivity contribution >= 4 is 16.3 Å². The molecule has 21 heavy (non-hydrogen) atoms. The molecule has 2 aromatic heterocycles. The zero-order valence-corrected chi connectivity index (χ0v) is 12.8. The molecule has 0 atom stereocenters. The van der Waals surface area contributed by atoms with Crippen LogP contribution in [-0.2, 0) is 6.42 Å². The van der Waals surface area contributed by atoms with Crippen molar-refractivity contribution in [2.75, 3.05) is 13.2 Å². The molecule has 0 bridgehead atoms. The summed E-state index contributed by atoms with van der Waals surface area (Å²) in [5.41, 5.74) is 7.85. The first-order valence-electron chi connectivity index (χ1n) is 7.08. The minimum Gasteiger partial charge on any atom is -0.494 e. The normalized spacial score (nSPS) is 11.1. The zero-order chi connectivity index (χ0) is 14.7. The molecule has 5 nitrogen and oxygen atoms in total. The van der Waals surface area contributed by atoms with Gasteiger partial charge >= 0.3 is 0 Å². The predicted octanol–water partition coefficient (Wildman–Crippen LogP) is 2.75. The van der Waals surface area contributed by atoms with Crippen LogP contribution in [0.4, 0.5) is 0 Å². The Morgan fingerprint density at radius 1 is 1.24 bits per heavy atom. The summed E-state index contributed by atoms with van der Waals surface area (Å²) in [6.07, 6.45) is 1.76. The van der Waals surface area contributed by atoms with E-state index in [1.54, 1.807) is 11.3 Å². The summed E-state index contributed by atoms with van der Waals surface area (Å²) in [4.78, 5) is 0.922. The highest BCUT2D eigenvalue weighted by atomic mass is 32.1. The molecule has 3 rings (SSSR count). The third-order valence-electron chi connectivity index (χ3n) is 3.28. The number of fused-ring (bicyclic) bond motifs is 1. The lowest BCUT2D eigenvalue weighted by Crippen LogP contribution is -2.03. The minimum absolute atomic E-state index is 0.664. The summed E-state index contributed by atoms with van der Waals surface area (Å²) in [5.74, 6) is 1.86. The Hall–Kier alpha value is -1.92. The fourth-order valence-electron chi connectivity index (χ4n) is 2.29. The van der Waals surface area contributed by atoms with E-state index in [0.29, 0.717) is 13.2 Å². The van der Waals surface area contributed by atoms with Gasteiger partial charge in [0.15, 0.2) is 0 Å². The summed E-state index contributed by atoms with van der Waals surface area (Å²) in [6.45, 7) is 3.32. The van der Waals surface area contributed by atoms with Crippen molar-refractivity contribution in [3.05, 3.63) is 35.5 Å². The highest BCUT2D eigenvalue weighted by Crippen LogP contribution is 2.28. The molecule has 0 saturated heterocycles. The van der Waals surface area contributed by atoms with E-state index in [2.05, 4.69) is 32.1 Å². The van der Waals surface area contributed by atoms with Crippen molar-refractivity contribution in [2.24, 2.45) is 5.73 Å². The monoisotopic (exact) mass is 302 g/mol. The highest BCUT2D eigenvalue weighted by molar-refractivity contribution is 7.15. The van der Waals surface area contributed by atoms with E-state index in [0.717, 1.165) is 40.6 Å². The van der Waals surface area contributed by atoms with Crippen LogP contribution in [0, 0.1) is 0 Å². The van der Waals surface area contributed by atoms with Crippen LogP contribution in [-0.4, -0.2) is 27.7 Å². The van der Waals surface area contributed by atoms with Crippen molar-refractivity contribution in [1.29, 1.82) is 0 Å². The van der Waals surface area contributed by atoms with Gasteiger partial charge in [0.2, 0.25) is 4.96 Å². The van der Waals surface area contributed by atoms with Gasteiger partial charge in [-0.1, -0.05) is 0 Å². The number of ether oxygens (including phenoxy) is 1. The number of nitrogens with zero attached hydrogens (tertiary/aromatic N) is 3. The molecule has 2 heterocycles. The van der Waals surface area contributed by atoms with Gasteiger partial charge in [0, 0.05) is 11.8 Å². The van der Waals surface area contributed by atoms with Crippen LogP contribution in [0.15, 0.2) is 29.6 Å². The molecule has 0 saturated carbocycles. The van der Waals surface area contributed by atoms with Crippen LogP contribution in [0.5, 0.6) is 5.75 Å². The fourth-order valence-corrected chi connectivity index (χ4v) is 3.14. The van der Waals surface area contributed by atoms with Crippen molar-refractivity contribution in [3.63, 3.8) is 0 Å². The molecular weight excluding hydrogens is 284 g/mol. The highest BCUT2D eigenvalue weighted by Gasteiger charge is 2.13. The molecule has 0 aliphatic rings. The second-order valence-corrected chi connectivity index (χ2v) is 5.54. The maximum Gasteiger partial charge on any atom is 0.216 e. The second-order valence-electron chi connectivity index (χ2n) is 4.70. The molecule has 0 aliphatic heterocycles. The molecule has 0 amide bonds. The second kappa shape index (κ2) is 6.24. The van der Waals surface area contributed by atoms with Gasteiger partial charge < -0.3 is 10.5 Å².